The van der Waals surface area contributed by atoms with Gasteiger partial charge in [0, 0.05) is 25.7 Å². The summed E-state index contributed by atoms with van der Waals surface area (Å²) in [5.74, 6) is 0.854. The van der Waals surface area contributed by atoms with Crippen LogP contribution in [0.3, 0.4) is 0 Å². The van der Waals surface area contributed by atoms with Crippen molar-refractivity contribution in [3.63, 3.8) is 0 Å². The quantitative estimate of drug-likeness (QED) is 0.523. The number of hydrogen-bond acceptors (Lipinski definition) is 5. The molecule has 1 amide bonds. The number of hydrogen-bond donors (Lipinski definition) is 1. The first kappa shape index (κ1) is 22.7. The minimum absolute atomic E-state index is 0.0656. The van der Waals surface area contributed by atoms with Crippen molar-refractivity contribution in [2.75, 3.05) is 39.6 Å². The van der Waals surface area contributed by atoms with E-state index in [2.05, 4.69) is 21.2 Å². The smallest absolute Gasteiger partial charge is 0.251 e. The highest BCUT2D eigenvalue weighted by molar-refractivity contribution is 9.10. The van der Waals surface area contributed by atoms with E-state index < -0.39 is 10.0 Å². The van der Waals surface area contributed by atoms with Crippen molar-refractivity contribution < 1.29 is 22.7 Å². The molecule has 0 spiro atoms. The van der Waals surface area contributed by atoms with Crippen LogP contribution in [0.1, 0.15) is 37.0 Å². The van der Waals surface area contributed by atoms with Crippen LogP contribution in [0.4, 0.5) is 0 Å². The van der Waals surface area contributed by atoms with Crippen LogP contribution in [-0.4, -0.2) is 58.2 Å². The molecule has 0 heterocycles. The van der Waals surface area contributed by atoms with Crippen molar-refractivity contribution in [2.24, 2.45) is 0 Å². The SMILES string of the molecule is CCCOc1c(Br)cc(C(=O)NCCCN(C)S(=O)(=O)CC)cc1OC. The molecule has 1 rings (SSSR count). The maximum Gasteiger partial charge on any atom is 0.251 e. The summed E-state index contributed by atoms with van der Waals surface area (Å²) >= 11 is 3.41. The molecule has 148 valence electrons. The average Bonchev–Trinajstić information content (AvgIpc) is 2.62. The number of rotatable bonds is 11. The number of benzene rings is 1. The van der Waals surface area contributed by atoms with Crippen molar-refractivity contribution in [3.05, 3.63) is 22.2 Å². The molecule has 1 aromatic carbocycles. The van der Waals surface area contributed by atoms with Crippen LogP contribution in [0, 0.1) is 0 Å². The molecule has 9 heteroatoms. The van der Waals surface area contributed by atoms with Gasteiger partial charge in [-0.3, -0.25) is 4.79 Å². The number of ether oxygens (including phenoxy) is 2. The summed E-state index contributed by atoms with van der Waals surface area (Å²) in [5.41, 5.74) is 0.437. The van der Waals surface area contributed by atoms with Crippen molar-refractivity contribution in [2.45, 2.75) is 26.7 Å². The Morgan fingerprint density at radius 1 is 1.31 bits per heavy atom. The number of carbonyl (C=O) groups is 1. The molecule has 0 bridgehead atoms. The topological polar surface area (TPSA) is 84.9 Å². The molecule has 7 nitrogen and oxygen atoms in total. The standard InChI is InChI=1S/C17H27BrN2O5S/c1-5-10-25-16-14(18)11-13(12-15(16)24-4)17(21)19-8-7-9-20(3)26(22,23)6-2/h11-12H,5-10H2,1-4H3,(H,19,21). The van der Waals surface area contributed by atoms with E-state index in [1.54, 1.807) is 19.1 Å². The second-order valence-corrected chi connectivity index (χ2v) is 8.89. The van der Waals surface area contributed by atoms with Crippen molar-refractivity contribution >= 4 is 31.9 Å². The Hall–Kier alpha value is -1.32. The average molecular weight is 451 g/mol. The summed E-state index contributed by atoms with van der Waals surface area (Å²) in [4.78, 5) is 12.3. The van der Waals surface area contributed by atoms with Crippen LogP contribution in [0.15, 0.2) is 16.6 Å². The van der Waals surface area contributed by atoms with Crippen LogP contribution in [-0.2, 0) is 10.0 Å². The molecule has 0 radical (unpaired) electrons. The molecular formula is C17H27BrN2O5S. The van der Waals surface area contributed by atoms with Gasteiger partial charge < -0.3 is 14.8 Å². The summed E-state index contributed by atoms with van der Waals surface area (Å²) in [5, 5.41) is 2.79. The summed E-state index contributed by atoms with van der Waals surface area (Å²) in [7, 11) is -0.135. The first-order valence-corrected chi connectivity index (χ1v) is 10.9. The zero-order valence-electron chi connectivity index (χ0n) is 15.7. The molecule has 1 aromatic rings. The van der Waals surface area contributed by atoms with Gasteiger partial charge in [-0.15, -0.1) is 0 Å². The summed E-state index contributed by atoms with van der Waals surface area (Å²) in [6.45, 7) is 4.89. The van der Waals surface area contributed by atoms with Gasteiger partial charge in [-0.2, -0.15) is 0 Å². The van der Waals surface area contributed by atoms with Crippen LogP contribution in [0.5, 0.6) is 11.5 Å². The third kappa shape index (κ3) is 6.44. The zero-order chi connectivity index (χ0) is 19.7. The Balaban J connectivity index is 2.66. The van der Waals surface area contributed by atoms with E-state index in [9.17, 15) is 13.2 Å². The Labute approximate surface area is 164 Å². The molecule has 0 unspecified atom stereocenters. The third-order valence-electron chi connectivity index (χ3n) is 3.72. The van der Waals surface area contributed by atoms with Gasteiger partial charge in [0.2, 0.25) is 10.0 Å². The highest BCUT2D eigenvalue weighted by Crippen LogP contribution is 2.36. The molecule has 1 N–H and O–H groups in total. The van der Waals surface area contributed by atoms with E-state index in [-0.39, 0.29) is 11.7 Å². The molecule has 0 aliphatic carbocycles. The Bertz CT molecular complexity index is 709. The fraction of sp³-hybridized carbons (Fsp3) is 0.588. The second-order valence-electron chi connectivity index (χ2n) is 5.67. The predicted octanol–water partition coefficient (Wildman–Crippen LogP) is 2.65. The fourth-order valence-corrected chi connectivity index (χ4v) is 3.56. The number of carbonyl (C=O) groups excluding carboxylic acids is 1. The van der Waals surface area contributed by atoms with E-state index in [0.717, 1.165) is 6.42 Å². The normalized spacial score (nSPS) is 11.5. The molecule has 0 aromatic heterocycles. The van der Waals surface area contributed by atoms with Gasteiger partial charge in [-0.25, -0.2) is 12.7 Å². The minimum Gasteiger partial charge on any atom is -0.493 e. The first-order valence-electron chi connectivity index (χ1n) is 8.49. The molecule has 0 saturated heterocycles. The van der Waals surface area contributed by atoms with Gasteiger partial charge in [-0.1, -0.05) is 6.92 Å². The lowest BCUT2D eigenvalue weighted by Gasteiger charge is -2.16. The summed E-state index contributed by atoms with van der Waals surface area (Å²) in [6, 6.07) is 3.30. The number of methoxy groups -OCH3 is 1. The van der Waals surface area contributed by atoms with Gasteiger partial charge in [0.1, 0.15) is 0 Å². The second kappa shape index (κ2) is 10.7. The number of nitrogens with zero attached hydrogens (tertiary/aromatic N) is 1. The fourth-order valence-electron chi connectivity index (χ4n) is 2.16. The van der Waals surface area contributed by atoms with Crippen LogP contribution in [0.25, 0.3) is 0 Å². The van der Waals surface area contributed by atoms with Crippen molar-refractivity contribution in [1.82, 2.24) is 9.62 Å². The lowest BCUT2D eigenvalue weighted by Crippen LogP contribution is -2.32. The molecular weight excluding hydrogens is 424 g/mol. The maximum atomic E-state index is 12.3. The summed E-state index contributed by atoms with van der Waals surface area (Å²) < 4.78 is 36.2. The van der Waals surface area contributed by atoms with Crippen molar-refractivity contribution in [1.29, 1.82) is 0 Å². The molecule has 0 aliphatic heterocycles. The monoisotopic (exact) mass is 450 g/mol. The van der Waals surface area contributed by atoms with E-state index in [1.165, 1.54) is 18.5 Å². The molecule has 26 heavy (non-hydrogen) atoms. The summed E-state index contributed by atoms with van der Waals surface area (Å²) in [6.07, 6.45) is 1.39. The molecule has 0 saturated carbocycles. The lowest BCUT2D eigenvalue weighted by molar-refractivity contribution is 0.0952. The van der Waals surface area contributed by atoms with Gasteiger partial charge in [0.15, 0.2) is 11.5 Å². The van der Waals surface area contributed by atoms with E-state index >= 15 is 0 Å². The number of halogens is 1. The minimum atomic E-state index is -3.19. The zero-order valence-corrected chi connectivity index (χ0v) is 18.1. The maximum absolute atomic E-state index is 12.3. The number of amides is 1. The Kier molecular flexibility index (Phi) is 9.38. The first-order chi connectivity index (χ1) is 12.3. The third-order valence-corrected chi connectivity index (χ3v) is 6.17. The van der Waals surface area contributed by atoms with Crippen LogP contribution >= 0.6 is 15.9 Å². The molecule has 0 aliphatic rings. The van der Waals surface area contributed by atoms with Gasteiger partial charge in [-0.05, 0) is 47.8 Å². The molecule has 0 fully saturated rings. The van der Waals surface area contributed by atoms with Crippen LogP contribution < -0.4 is 14.8 Å². The largest absolute Gasteiger partial charge is 0.493 e. The highest BCUT2D eigenvalue weighted by atomic mass is 79.9. The van der Waals surface area contributed by atoms with Gasteiger partial charge in [0.25, 0.3) is 5.91 Å². The molecule has 0 atom stereocenters. The highest BCUT2D eigenvalue weighted by Gasteiger charge is 2.16. The predicted molar refractivity (Wildman–Crippen MR) is 106 cm³/mol. The van der Waals surface area contributed by atoms with Gasteiger partial charge in [0.05, 0.1) is 23.9 Å². The van der Waals surface area contributed by atoms with Gasteiger partial charge >= 0.3 is 0 Å². The number of sulfonamides is 1. The Morgan fingerprint density at radius 3 is 2.58 bits per heavy atom. The van der Waals surface area contributed by atoms with E-state index in [4.69, 9.17) is 9.47 Å². The van der Waals surface area contributed by atoms with Crippen LogP contribution in [0.2, 0.25) is 0 Å². The van der Waals surface area contributed by atoms with E-state index in [0.29, 0.717) is 47.7 Å². The lowest BCUT2D eigenvalue weighted by atomic mass is 10.2. The Morgan fingerprint density at radius 2 is 2.00 bits per heavy atom. The van der Waals surface area contributed by atoms with E-state index in [1.807, 2.05) is 6.92 Å². The van der Waals surface area contributed by atoms with Crippen molar-refractivity contribution in [3.8, 4) is 11.5 Å². The number of nitrogens with one attached hydrogen (secondary N) is 1.